The van der Waals surface area contributed by atoms with Crippen LogP contribution < -0.4 is 0 Å². The van der Waals surface area contributed by atoms with Crippen molar-refractivity contribution < 1.29 is 4.79 Å². The van der Waals surface area contributed by atoms with Crippen LogP contribution in [0.25, 0.3) is 0 Å². The Kier molecular flexibility index (Phi) is 3.21. The Morgan fingerprint density at radius 2 is 2.47 bits per heavy atom. The number of alkyl halides is 1. The molecule has 0 aromatic carbocycles. The first-order valence-corrected chi connectivity index (χ1v) is 5.64. The average molecular weight is 225 g/mol. The van der Waals surface area contributed by atoms with Gasteiger partial charge < -0.3 is 4.90 Å². The minimum atomic E-state index is -0.00116. The summed E-state index contributed by atoms with van der Waals surface area (Å²) < 4.78 is 0. The highest BCUT2D eigenvalue weighted by Gasteiger charge is 2.28. The van der Waals surface area contributed by atoms with Crippen molar-refractivity contribution in [3.8, 4) is 0 Å². The van der Waals surface area contributed by atoms with Crippen molar-refractivity contribution in [2.45, 2.75) is 18.9 Å². The standard InChI is InChI=1S/C11H13ClN2O/c12-8-9-4-3-7-14(9)11(15)10-5-1-2-6-13-10/h1-2,5-6,9H,3-4,7-8H2. The van der Waals surface area contributed by atoms with Gasteiger partial charge in [0.25, 0.3) is 5.91 Å². The number of hydrogen-bond acceptors (Lipinski definition) is 2. The van der Waals surface area contributed by atoms with Gasteiger partial charge in [-0.15, -0.1) is 11.6 Å². The number of amides is 1. The van der Waals surface area contributed by atoms with Gasteiger partial charge in [-0.3, -0.25) is 9.78 Å². The summed E-state index contributed by atoms with van der Waals surface area (Å²) in [7, 11) is 0. The van der Waals surface area contributed by atoms with E-state index in [4.69, 9.17) is 11.6 Å². The number of nitrogens with zero attached hydrogens (tertiary/aromatic N) is 2. The molecule has 0 N–H and O–H groups in total. The summed E-state index contributed by atoms with van der Waals surface area (Å²) in [5, 5.41) is 0. The van der Waals surface area contributed by atoms with Crippen molar-refractivity contribution in [2.24, 2.45) is 0 Å². The molecule has 1 aromatic heterocycles. The number of aromatic nitrogens is 1. The van der Waals surface area contributed by atoms with Gasteiger partial charge in [0.2, 0.25) is 0 Å². The molecule has 0 radical (unpaired) electrons. The first-order chi connectivity index (χ1) is 7.33. The zero-order valence-electron chi connectivity index (χ0n) is 8.40. The normalized spacial score (nSPS) is 20.6. The molecule has 3 nitrogen and oxygen atoms in total. The van der Waals surface area contributed by atoms with E-state index in [1.165, 1.54) is 0 Å². The topological polar surface area (TPSA) is 33.2 Å². The molecule has 1 aliphatic heterocycles. The van der Waals surface area contributed by atoms with Crippen LogP contribution in [-0.4, -0.2) is 34.3 Å². The Bertz CT molecular complexity index is 342. The molecule has 1 aliphatic rings. The van der Waals surface area contributed by atoms with Crippen molar-refractivity contribution in [3.05, 3.63) is 30.1 Å². The lowest BCUT2D eigenvalue weighted by atomic mass is 10.2. The molecule has 1 saturated heterocycles. The Balaban J connectivity index is 2.14. The van der Waals surface area contributed by atoms with Crippen LogP contribution in [0.15, 0.2) is 24.4 Å². The van der Waals surface area contributed by atoms with Crippen LogP contribution in [0.1, 0.15) is 23.3 Å². The van der Waals surface area contributed by atoms with Gasteiger partial charge >= 0.3 is 0 Å². The van der Waals surface area contributed by atoms with Crippen LogP contribution in [0.4, 0.5) is 0 Å². The molecular weight excluding hydrogens is 212 g/mol. The molecule has 1 atom stereocenters. The van der Waals surface area contributed by atoms with E-state index in [1.54, 1.807) is 18.3 Å². The van der Waals surface area contributed by atoms with E-state index < -0.39 is 0 Å². The van der Waals surface area contributed by atoms with E-state index in [0.717, 1.165) is 19.4 Å². The molecular formula is C11H13ClN2O. The smallest absolute Gasteiger partial charge is 0.272 e. The fraction of sp³-hybridized carbons (Fsp3) is 0.455. The van der Waals surface area contributed by atoms with Gasteiger partial charge in [0.15, 0.2) is 0 Å². The predicted octanol–water partition coefficient (Wildman–Crippen LogP) is 1.93. The van der Waals surface area contributed by atoms with Crippen molar-refractivity contribution >= 4 is 17.5 Å². The summed E-state index contributed by atoms with van der Waals surface area (Å²) in [6, 6.07) is 5.55. The number of pyridine rings is 1. The lowest BCUT2D eigenvalue weighted by Gasteiger charge is -2.22. The molecule has 15 heavy (non-hydrogen) atoms. The maximum atomic E-state index is 12.0. The van der Waals surface area contributed by atoms with Gasteiger partial charge in [-0.1, -0.05) is 6.07 Å². The van der Waals surface area contributed by atoms with E-state index in [2.05, 4.69) is 4.98 Å². The highest BCUT2D eigenvalue weighted by molar-refractivity contribution is 6.18. The molecule has 2 rings (SSSR count). The van der Waals surface area contributed by atoms with Gasteiger partial charge in [-0.2, -0.15) is 0 Å². The van der Waals surface area contributed by atoms with Gasteiger partial charge in [0, 0.05) is 24.7 Å². The Labute approximate surface area is 94.1 Å². The number of carbonyl (C=O) groups is 1. The minimum Gasteiger partial charge on any atom is -0.333 e. The molecule has 0 spiro atoms. The molecule has 0 bridgehead atoms. The zero-order chi connectivity index (χ0) is 10.7. The second-order valence-corrected chi connectivity index (χ2v) is 3.97. The monoisotopic (exact) mass is 224 g/mol. The summed E-state index contributed by atoms with van der Waals surface area (Å²) in [4.78, 5) is 17.9. The van der Waals surface area contributed by atoms with E-state index in [1.807, 2.05) is 11.0 Å². The maximum Gasteiger partial charge on any atom is 0.272 e. The summed E-state index contributed by atoms with van der Waals surface area (Å²) in [5.74, 6) is 0.511. The van der Waals surface area contributed by atoms with E-state index in [-0.39, 0.29) is 11.9 Å². The second-order valence-electron chi connectivity index (χ2n) is 3.66. The summed E-state index contributed by atoms with van der Waals surface area (Å²) >= 11 is 5.82. The molecule has 1 fully saturated rings. The first-order valence-electron chi connectivity index (χ1n) is 5.11. The molecule has 2 heterocycles. The fourth-order valence-corrected chi connectivity index (χ4v) is 2.22. The van der Waals surface area contributed by atoms with Gasteiger partial charge in [0.05, 0.1) is 0 Å². The van der Waals surface area contributed by atoms with E-state index in [0.29, 0.717) is 11.6 Å². The summed E-state index contributed by atoms with van der Waals surface area (Å²) in [5.41, 5.74) is 0.509. The molecule has 1 amide bonds. The van der Waals surface area contributed by atoms with Gasteiger partial charge in [-0.05, 0) is 25.0 Å². The zero-order valence-corrected chi connectivity index (χ0v) is 9.15. The number of rotatable bonds is 2. The summed E-state index contributed by atoms with van der Waals surface area (Å²) in [6.45, 7) is 0.798. The van der Waals surface area contributed by atoms with E-state index >= 15 is 0 Å². The van der Waals surface area contributed by atoms with Crippen molar-refractivity contribution in [2.75, 3.05) is 12.4 Å². The Hall–Kier alpha value is -1.09. The van der Waals surface area contributed by atoms with Gasteiger partial charge in [0.1, 0.15) is 5.69 Å². The summed E-state index contributed by atoms with van der Waals surface area (Å²) in [6.07, 6.45) is 3.68. The first kappa shape index (κ1) is 10.4. The van der Waals surface area contributed by atoms with Gasteiger partial charge in [-0.25, -0.2) is 0 Å². The van der Waals surface area contributed by atoms with Crippen molar-refractivity contribution in [3.63, 3.8) is 0 Å². The maximum absolute atomic E-state index is 12.0. The molecule has 1 aromatic rings. The highest BCUT2D eigenvalue weighted by atomic mass is 35.5. The predicted molar refractivity (Wildman–Crippen MR) is 59.0 cm³/mol. The Morgan fingerprint density at radius 3 is 3.13 bits per heavy atom. The molecule has 4 heteroatoms. The van der Waals surface area contributed by atoms with Crippen molar-refractivity contribution in [1.29, 1.82) is 0 Å². The molecule has 0 saturated carbocycles. The van der Waals surface area contributed by atoms with E-state index in [9.17, 15) is 4.79 Å². The average Bonchev–Trinajstić information content (AvgIpc) is 2.77. The molecule has 0 aliphatic carbocycles. The minimum absolute atomic E-state index is 0.00116. The molecule has 1 unspecified atom stereocenters. The van der Waals surface area contributed by atoms with Crippen LogP contribution in [0.3, 0.4) is 0 Å². The number of hydrogen-bond donors (Lipinski definition) is 0. The number of halogens is 1. The fourth-order valence-electron chi connectivity index (χ4n) is 1.90. The van der Waals surface area contributed by atoms with Crippen LogP contribution in [0, 0.1) is 0 Å². The number of likely N-dealkylation sites (tertiary alicyclic amines) is 1. The molecule has 80 valence electrons. The SMILES string of the molecule is O=C(c1ccccn1)N1CCCC1CCl. The third-order valence-electron chi connectivity index (χ3n) is 2.70. The van der Waals surface area contributed by atoms with Crippen molar-refractivity contribution in [1.82, 2.24) is 9.88 Å². The van der Waals surface area contributed by atoms with Crippen LogP contribution in [0.5, 0.6) is 0 Å². The van der Waals surface area contributed by atoms with Crippen LogP contribution in [-0.2, 0) is 0 Å². The van der Waals surface area contributed by atoms with Crippen LogP contribution in [0.2, 0.25) is 0 Å². The third kappa shape index (κ3) is 2.12. The highest BCUT2D eigenvalue weighted by Crippen LogP contribution is 2.20. The second kappa shape index (κ2) is 4.62. The Morgan fingerprint density at radius 1 is 1.60 bits per heavy atom. The third-order valence-corrected chi connectivity index (χ3v) is 3.06. The van der Waals surface area contributed by atoms with Crippen LogP contribution >= 0.6 is 11.6 Å². The largest absolute Gasteiger partial charge is 0.333 e. The number of carbonyl (C=O) groups excluding carboxylic acids is 1. The quantitative estimate of drug-likeness (QED) is 0.720. The lowest BCUT2D eigenvalue weighted by Crippen LogP contribution is -2.36. The lowest BCUT2D eigenvalue weighted by molar-refractivity contribution is 0.0743.